The maximum atomic E-state index is 2.46. The Kier molecular flexibility index (Phi) is 4.92. The van der Waals surface area contributed by atoms with Gasteiger partial charge >= 0.3 is 0 Å². The highest BCUT2D eigenvalue weighted by Crippen LogP contribution is 2.15. The second-order valence-electron chi connectivity index (χ2n) is 5.42. The average Bonchev–Trinajstić information content (AvgIpc) is 2.27. The predicted molar refractivity (Wildman–Crippen MR) is 79.3 cm³/mol. The van der Waals surface area contributed by atoms with Gasteiger partial charge < -0.3 is 9.47 Å². The number of nitrogens with zero attached hydrogens (tertiary/aromatic N) is 2. The van der Waals surface area contributed by atoms with Crippen LogP contribution in [0.1, 0.15) is 12.5 Å². The molecule has 1 rings (SSSR count). The second-order valence-corrected chi connectivity index (χ2v) is 10.1. The molecule has 3 heteroatoms. The molecular formula is C14H26N2Si. The quantitative estimate of drug-likeness (QED) is 0.739. The first kappa shape index (κ1) is 14.4. The summed E-state index contributed by atoms with van der Waals surface area (Å²) in [5.41, 5.74) is 1.49. The number of rotatable bonds is 5. The lowest BCUT2D eigenvalue weighted by Gasteiger charge is -2.35. The van der Waals surface area contributed by atoms with Crippen LogP contribution in [-0.2, 0) is 6.54 Å². The Morgan fingerprint density at radius 2 is 1.65 bits per heavy atom. The zero-order chi connectivity index (χ0) is 13.1. The van der Waals surface area contributed by atoms with E-state index in [0.29, 0.717) is 0 Å². The van der Waals surface area contributed by atoms with E-state index in [1.165, 1.54) is 11.6 Å². The molecule has 2 nitrogen and oxygen atoms in total. The van der Waals surface area contributed by atoms with Crippen molar-refractivity contribution >= 4 is 13.4 Å². The van der Waals surface area contributed by atoms with Gasteiger partial charge in [-0.05, 0) is 45.0 Å². The summed E-state index contributed by atoms with van der Waals surface area (Å²) in [5, 5.41) is 1.58. The van der Waals surface area contributed by atoms with Gasteiger partial charge in [0.05, 0.1) is 0 Å². The van der Waals surface area contributed by atoms with Crippen LogP contribution in [0.3, 0.4) is 0 Å². The summed E-state index contributed by atoms with van der Waals surface area (Å²) in [7, 11) is 7.24. The number of hydrogen-bond acceptors (Lipinski definition) is 2. The fourth-order valence-corrected chi connectivity index (χ4v) is 5.08. The maximum absolute atomic E-state index is 2.46. The molecule has 17 heavy (non-hydrogen) atoms. The molecule has 0 aliphatic carbocycles. The Hall–Kier alpha value is -0.643. The molecule has 0 amide bonds. The molecule has 0 aliphatic rings. The minimum Gasteiger partial charge on any atom is -0.326 e. The topological polar surface area (TPSA) is 6.48 Å². The smallest absolute Gasteiger partial charge is 0.156 e. The lowest BCUT2D eigenvalue weighted by Crippen LogP contribution is -2.57. The molecule has 0 bridgehead atoms. The predicted octanol–water partition coefficient (Wildman–Crippen LogP) is 2.11. The lowest BCUT2D eigenvalue weighted by molar-refractivity contribution is 0.403. The van der Waals surface area contributed by atoms with Crippen LogP contribution in [0.25, 0.3) is 0 Å². The summed E-state index contributed by atoms with van der Waals surface area (Å²) < 4.78 is 2.46. The van der Waals surface area contributed by atoms with Crippen LogP contribution in [0, 0.1) is 0 Å². The molecule has 0 spiro atoms. The van der Waals surface area contributed by atoms with Gasteiger partial charge in [0.2, 0.25) is 0 Å². The van der Waals surface area contributed by atoms with Crippen LogP contribution < -0.4 is 5.19 Å². The van der Waals surface area contributed by atoms with Crippen LogP contribution in [-0.4, -0.2) is 45.9 Å². The van der Waals surface area contributed by atoms with Gasteiger partial charge in [-0.15, -0.1) is 0 Å². The van der Waals surface area contributed by atoms with Crippen molar-refractivity contribution in [2.75, 3.05) is 28.2 Å². The highest BCUT2D eigenvalue weighted by atomic mass is 28.3. The van der Waals surface area contributed by atoms with Crippen molar-refractivity contribution in [3.8, 4) is 0 Å². The Balaban J connectivity index is 3.19. The summed E-state index contributed by atoms with van der Waals surface area (Å²) >= 11 is 0. The van der Waals surface area contributed by atoms with Crippen LogP contribution in [0.5, 0.6) is 0 Å². The van der Waals surface area contributed by atoms with E-state index in [9.17, 15) is 0 Å². The summed E-state index contributed by atoms with van der Waals surface area (Å²) in [6, 6.07) is 10.2. The third-order valence-corrected chi connectivity index (χ3v) is 8.76. The molecule has 0 saturated heterocycles. The third kappa shape index (κ3) is 3.18. The first-order chi connectivity index (χ1) is 7.91. The molecule has 1 aromatic carbocycles. The van der Waals surface area contributed by atoms with E-state index < -0.39 is 8.24 Å². The molecule has 0 fully saturated rings. The van der Waals surface area contributed by atoms with E-state index in [1.807, 2.05) is 0 Å². The van der Waals surface area contributed by atoms with E-state index in [1.54, 1.807) is 5.19 Å². The van der Waals surface area contributed by atoms with Gasteiger partial charge in [-0.2, -0.15) is 0 Å². The zero-order valence-electron chi connectivity index (χ0n) is 12.1. The van der Waals surface area contributed by atoms with Gasteiger partial charge in [0.15, 0.2) is 8.24 Å². The minimum absolute atomic E-state index is 1.03. The highest BCUT2D eigenvalue weighted by molar-refractivity contribution is 6.88. The summed E-state index contributed by atoms with van der Waals surface area (Å²) in [4.78, 5) is 2.25. The lowest BCUT2D eigenvalue weighted by atomic mass is 10.2. The zero-order valence-corrected chi connectivity index (χ0v) is 13.1. The van der Waals surface area contributed by atoms with Crippen molar-refractivity contribution < 1.29 is 0 Å². The average molecular weight is 250 g/mol. The molecule has 96 valence electrons. The van der Waals surface area contributed by atoms with E-state index in [4.69, 9.17) is 0 Å². The van der Waals surface area contributed by atoms with Crippen molar-refractivity contribution in [2.24, 2.45) is 0 Å². The summed E-state index contributed by atoms with van der Waals surface area (Å²) in [5.74, 6) is 0. The SMILES string of the molecule is CC[Si](C)(c1ccccc1CN(C)C)N(C)C. The summed E-state index contributed by atoms with van der Waals surface area (Å²) in [6.07, 6.45) is 0. The van der Waals surface area contributed by atoms with Gasteiger partial charge in [-0.3, -0.25) is 0 Å². The van der Waals surface area contributed by atoms with Crippen LogP contribution >= 0.6 is 0 Å². The van der Waals surface area contributed by atoms with Gasteiger partial charge in [0.1, 0.15) is 0 Å². The van der Waals surface area contributed by atoms with Crippen molar-refractivity contribution in [3.05, 3.63) is 29.8 Å². The normalized spacial score (nSPS) is 15.3. The fourth-order valence-electron chi connectivity index (χ4n) is 2.27. The Morgan fingerprint density at radius 3 is 2.12 bits per heavy atom. The van der Waals surface area contributed by atoms with Crippen molar-refractivity contribution in [1.82, 2.24) is 9.47 Å². The molecule has 1 aromatic rings. The molecule has 0 aromatic heterocycles. The van der Waals surface area contributed by atoms with Crippen molar-refractivity contribution in [3.63, 3.8) is 0 Å². The Labute approximate surface area is 107 Å². The first-order valence-electron chi connectivity index (χ1n) is 6.32. The Bertz CT molecular complexity index is 363. The van der Waals surface area contributed by atoms with Gasteiger partial charge in [0.25, 0.3) is 0 Å². The largest absolute Gasteiger partial charge is 0.326 e. The van der Waals surface area contributed by atoms with Crippen molar-refractivity contribution in [1.29, 1.82) is 0 Å². The molecule has 0 aliphatic heterocycles. The number of benzene rings is 1. The van der Waals surface area contributed by atoms with Crippen LogP contribution in [0.4, 0.5) is 0 Å². The molecular weight excluding hydrogens is 224 g/mol. The molecule has 1 atom stereocenters. The fraction of sp³-hybridized carbons (Fsp3) is 0.571. The van der Waals surface area contributed by atoms with Crippen molar-refractivity contribution in [2.45, 2.75) is 26.1 Å². The molecule has 0 radical (unpaired) electrons. The summed E-state index contributed by atoms with van der Waals surface area (Å²) in [6.45, 7) is 5.81. The number of hydrogen-bond donors (Lipinski definition) is 0. The maximum Gasteiger partial charge on any atom is 0.156 e. The standard InChI is InChI=1S/C14H26N2Si/c1-7-17(6,16(4)5)14-11-9-8-10-13(14)12-15(2)3/h8-11H,7,12H2,1-6H3. The monoisotopic (exact) mass is 250 g/mol. The molecule has 0 saturated carbocycles. The van der Waals surface area contributed by atoms with E-state index in [2.05, 4.69) is 75.4 Å². The van der Waals surface area contributed by atoms with E-state index >= 15 is 0 Å². The molecule has 1 unspecified atom stereocenters. The van der Waals surface area contributed by atoms with E-state index in [0.717, 1.165) is 6.54 Å². The highest BCUT2D eigenvalue weighted by Gasteiger charge is 2.32. The molecule has 0 heterocycles. The van der Waals surface area contributed by atoms with Gasteiger partial charge in [0, 0.05) is 6.54 Å². The van der Waals surface area contributed by atoms with Gasteiger partial charge in [-0.25, -0.2) is 0 Å². The first-order valence-corrected chi connectivity index (χ1v) is 8.97. The van der Waals surface area contributed by atoms with Crippen LogP contribution in [0.15, 0.2) is 24.3 Å². The molecule has 0 N–H and O–H groups in total. The van der Waals surface area contributed by atoms with Crippen LogP contribution in [0.2, 0.25) is 12.6 Å². The third-order valence-electron chi connectivity index (χ3n) is 3.76. The minimum atomic E-state index is -1.48. The second kappa shape index (κ2) is 5.80. The van der Waals surface area contributed by atoms with E-state index in [-0.39, 0.29) is 0 Å². The van der Waals surface area contributed by atoms with Gasteiger partial charge in [-0.1, -0.05) is 37.7 Å². The Morgan fingerprint density at radius 1 is 1.06 bits per heavy atom.